The second-order valence-electron chi connectivity index (χ2n) is 9.92. The molecule has 4 aliphatic rings. The van der Waals surface area contributed by atoms with Crippen molar-refractivity contribution in [2.24, 2.45) is 17.8 Å². The highest BCUT2D eigenvalue weighted by molar-refractivity contribution is 5.92. The molecule has 0 aliphatic heterocycles. The summed E-state index contributed by atoms with van der Waals surface area (Å²) in [5.41, 5.74) is 6.44. The van der Waals surface area contributed by atoms with Gasteiger partial charge in [0.05, 0.1) is 6.42 Å². The van der Waals surface area contributed by atoms with Crippen molar-refractivity contribution >= 4 is 11.6 Å². The molecule has 2 nitrogen and oxygen atoms in total. The van der Waals surface area contributed by atoms with E-state index in [4.69, 9.17) is 0 Å². The van der Waals surface area contributed by atoms with Crippen LogP contribution in [0, 0.1) is 31.6 Å². The summed E-state index contributed by atoms with van der Waals surface area (Å²) in [6, 6.07) is 15.1. The van der Waals surface area contributed by atoms with Crippen molar-refractivity contribution in [3.8, 4) is 0 Å². The Labute approximate surface area is 168 Å². The third-order valence-electron chi connectivity index (χ3n) is 7.76. The number of hydrogen-bond acceptors (Lipinski definition) is 1. The zero-order valence-corrected chi connectivity index (χ0v) is 17.1. The van der Waals surface area contributed by atoms with Gasteiger partial charge in [-0.3, -0.25) is 4.79 Å². The molecule has 28 heavy (non-hydrogen) atoms. The van der Waals surface area contributed by atoms with Gasteiger partial charge in [-0.2, -0.15) is 0 Å². The van der Waals surface area contributed by atoms with Gasteiger partial charge in [-0.1, -0.05) is 30.3 Å². The number of anilines is 1. The first-order chi connectivity index (χ1) is 13.5. The minimum atomic E-state index is 0.0609. The maximum atomic E-state index is 12.5. The van der Waals surface area contributed by atoms with Gasteiger partial charge in [0, 0.05) is 5.69 Å². The van der Waals surface area contributed by atoms with Gasteiger partial charge in [-0.15, -0.1) is 0 Å². The van der Waals surface area contributed by atoms with Crippen molar-refractivity contribution in [3.05, 3.63) is 64.7 Å². The average molecular weight is 374 g/mol. The number of benzene rings is 2. The maximum absolute atomic E-state index is 12.5. The van der Waals surface area contributed by atoms with Crippen LogP contribution in [0.15, 0.2) is 42.5 Å². The Balaban J connectivity index is 1.26. The van der Waals surface area contributed by atoms with E-state index in [9.17, 15) is 4.79 Å². The molecule has 0 unspecified atom stereocenters. The van der Waals surface area contributed by atoms with Crippen LogP contribution in [0.25, 0.3) is 0 Å². The predicted octanol–water partition coefficient (Wildman–Crippen LogP) is 5.95. The van der Waals surface area contributed by atoms with E-state index in [-0.39, 0.29) is 5.91 Å². The molecule has 1 amide bonds. The summed E-state index contributed by atoms with van der Waals surface area (Å²) in [6.45, 7) is 4.20. The minimum absolute atomic E-state index is 0.0609. The molecule has 0 atom stereocenters. The van der Waals surface area contributed by atoms with Gasteiger partial charge in [0.25, 0.3) is 0 Å². The van der Waals surface area contributed by atoms with Crippen LogP contribution in [0.2, 0.25) is 0 Å². The first kappa shape index (κ1) is 18.0. The quantitative estimate of drug-likeness (QED) is 0.705. The molecule has 2 aromatic carbocycles. The van der Waals surface area contributed by atoms with E-state index in [1.54, 1.807) is 0 Å². The average Bonchev–Trinajstić information content (AvgIpc) is 2.64. The van der Waals surface area contributed by atoms with Crippen molar-refractivity contribution in [1.29, 1.82) is 0 Å². The number of hydrogen-bond donors (Lipinski definition) is 1. The van der Waals surface area contributed by atoms with Crippen molar-refractivity contribution in [1.82, 2.24) is 0 Å². The van der Waals surface area contributed by atoms with Gasteiger partial charge in [-0.05, 0) is 110 Å². The molecule has 0 heterocycles. The molecule has 146 valence electrons. The lowest BCUT2D eigenvalue weighted by Crippen LogP contribution is -2.48. The Morgan fingerprint density at radius 1 is 0.893 bits per heavy atom. The number of amides is 1. The summed E-state index contributed by atoms with van der Waals surface area (Å²) in [7, 11) is 0. The molecule has 0 saturated heterocycles. The van der Waals surface area contributed by atoms with Gasteiger partial charge in [0.1, 0.15) is 0 Å². The van der Waals surface area contributed by atoms with Crippen molar-refractivity contribution in [2.45, 2.75) is 64.2 Å². The van der Waals surface area contributed by atoms with Crippen molar-refractivity contribution in [2.75, 3.05) is 5.32 Å². The van der Waals surface area contributed by atoms with Crippen LogP contribution in [0.4, 0.5) is 5.69 Å². The third kappa shape index (κ3) is 3.27. The number of rotatable bonds is 4. The highest BCUT2D eigenvalue weighted by atomic mass is 16.1. The molecular formula is C26H31NO. The largest absolute Gasteiger partial charge is 0.326 e. The van der Waals surface area contributed by atoms with E-state index in [0.717, 1.165) is 29.0 Å². The lowest BCUT2D eigenvalue weighted by molar-refractivity contribution is -0.115. The predicted molar refractivity (Wildman–Crippen MR) is 115 cm³/mol. The van der Waals surface area contributed by atoms with E-state index in [2.05, 4.69) is 61.6 Å². The molecule has 0 spiro atoms. The molecule has 4 aliphatic carbocycles. The monoisotopic (exact) mass is 373 g/mol. The second kappa shape index (κ2) is 6.76. The summed E-state index contributed by atoms with van der Waals surface area (Å²) < 4.78 is 0. The minimum Gasteiger partial charge on any atom is -0.326 e. The van der Waals surface area contributed by atoms with Crippen molar-refractivity contribution in [3.63, 3.8) is 0 Å². The van der Waals surface area contributed by atoms with E-state index in [1.165, 1.54) is 55.2 Å². The zero-order valence-electron chi connectivity index (χ0n) is 17.1. The third-order valence-corrected chi connectivity index (χ3v) is 7.76. The Bertz CT molecular complexity index is 860. The van der Waals surface area contributed by atoms with Crippen LogP contribution < -0.4 is 5.32 Å². The van der Waals surface area contributed by atoms with Crippen LogP contribution in [0.5, 0.6) is 0 Å². The number of carbonyl (C=O) groups excluding carboxylic acids is 1. The Kier molecular flexibility index (Phi) is 4.34. The number of nitrogens with one attached hydrogen (secondary N) is 1. The van der Waals surface area contributed by atoms with E-state index < -0.39 is 0 Å². The van der Waals surface area contributed by atoms with Crippen LogP contribution in [0.1, 0.15) is 60.8 Å². The van der Waals surface area contributed by atoms with E-state index in [1.807, 2.05) is 0 Å². The fourth-order valence-corrected chi connectivity index (χ4v) is 6.68. The van der Waals surface area contributed by atoms with Gasteiger partial charge >= 0.3 is 0 Å². The zero-order chi connectivity index (χ0) is 19.3. The lowest BCUT2D eigenvalue weighted by atomic mass is 9.48. The molecule has 0 radical (unpaired) electrons. The van der Waals surface area contributed by atoms with Crippen molar-refractivity contribution < 1.29 is 4.79 Å². The summed E-state index contributed by atoms with van der Waals surface area (Å²) in [4.78, 5) is 12.5. The van der Waals surface area contributed by atoms with Crippen LogP contribution >= 0.6 is 0 Å². The van der Waals surface area contributed by atoms with Gasteiger partial charge < -0.3 is 5.32 Å². The molecular weight excluding hydrogens is 342 g/mol. The summed E-state index contributed by atoms with van der Waals surface area (Å²) in [5.74, 6) is 2.95. The lowest BCUT2D eigenvalue weighted by Gasteiger charge is -2.57. The highest BCUT2D eigenvalue weighted by Gasteiger charge is 2.51. The molecule has 4 saturated carbocycles. The fraction of sp³-hybridized carbons (Fsp3) is 0.500. The Hall–Kier alpha value is -2.09. The molecule has 2 aromatic rings. The number of aryl methyl sites for hydroxylation is 2. The molecule has 1 N–H and O–H groups in total. The molecule has 6 rings (SSSR count). The van der Waals surface area contributed by atoms with Crippen LogP contribution in [-0.2, 0) is 16.6 Å². The van der Waals surface area contributed by atoms with Gasteiger partial charge in [-0.25, -0.2) is 0 Å². The fourth-order valence-electron chi connectivity index (χ4n) is 6.68. The summed E-state index contributed by atoms with van der Waals surface area (Å²) in [5, 5.41) is 3.09. The topological polar surface area (TPSA) is 29.1 Å². The standard InChI is InChI=1S/C26H31NO/c1-17-3-4-19(9-18(17)2)13-25(28)27-24-7-5-23(6-8-24)26-14-20-10-21(15-26)12-22(11-20)16-26/h3-9,20-22H,10-16H2,1-2H3,(H,27,28). The first-order valence-electron chi connectivity index (χ1n) is 11.0. The Morgan fingerprint density at radius 2 is 1.50 bits per heavy atom. The normalized spacial score (nSPS) is 30.4. The van der Waals surface area contributed by atoms with Gasteiger partial charge in [0.2, 0.25) is 5.91 Å². The SMILES string of the molecule is Cc1ccc(CC(=O)Nc2ccc(C34CC5CC(CC(C5)C3)C4)cc2)cc1C. The maximum Gasteiger partial charge on any atom is 0.228 e. The van der Waals surface area contributed by atoms with Gasteiger partial charge in [0.15, 0.2) is 0 Å². The molecule has 0 aromatic heterocycles. The second-order valence-corrected chi connectivity index (χ2v) is 9.92. The smallest absolute Gasteiger partial charge is 0.228 e. The van der Waals surface area contributed by atoms with Crippen LogP contribution in [0.3, 0.4) is 0 Å². The molecule has 4 bridgehead atoms. The number of carbonyl (C=O) groups is 1. The highest BCUT2D eigenvalue weighted by Crippen LogP contribution is 2.60. The first-order valence-corrected chi connectivity index (χ1v) is 11.0. The molecule has 2 heteroatoms. The Morgan fingerprint density at radius 3 is 2.07 bits per heavy atom. The van der Waals surface area contributed by atoms with E-state index in [0.29, 0.717) is 11.8 Å². The van der Waals surface area contributed by atoms with Crippen LogP contribution in [-0.4, -0.2) is 5.91 Å². The van der Waals surface area contributed by atoms with E-state index >= 15 is 0 Å². The summed E-state index contributed by atoms with van der Waals surface area (Å²) >= 11 is 0. The molecule has 4 fully saturated rings. The summed E-state index contributed by atoms with van der Waals surface area (Å²) in [6.07, 6.45) is 9.02.